The highest BCUT2D eigenvalue weighted by Crippen LogP contribution is 2.18. The summed E-state index contributed by atoms with van der Waals surface area (Å²) in [5.41, 5.74) is 0. The minimum atomic E-state index is 0.804. The molecular formula is C16H34N2. The van der Waals surface area contributed by atoms with E-state index in [0.717, 1.165) is 23.8 Å². The average Bonchev–Trinajstić information content (AvgIpc) is 2.41. The number of piperidine rings is 2. The number of rotatable bonds is 2. The lowest BCUT2D eigenvalue weighted by Crippen LogP contribution is -2.37. The smallest absolute Gasteiger partial charge is 0.00900 e. The van der Waals surface area contributed by atoms with Gasteiger partial charge in [0.2, 0.25) is 0 Å². The van der Waals surface area contributed by atoms with Gasteiger partial charge in [-0.25, -0.2) is 0 Å². The molecule has 0 saturated carbocycles. The molecule has 2 heterocycles. The van der Waals surface area contributed by atoms with Crippen molar-refractivity contribution in [2.24, 2.45) is 17.8 Å². The number of hydrogen-bond acceptors (Lipinski definition) is 2. The molecule has 0 spiro atoms. The highest BCUT2D eigenvalue weighted by Gasteiger charge is 2.15. The SMILES string of the molecule is CC(C)C1CCCCN1.CC(C)C1CCCNC1. The van der Waals surface area contributed by atoms with Crippen LogP contribution in [0.2, 0.25) is 0 Å². The molecule has 2 heteroatoms. The van der Waals surface area contributed by atoms with Gasteiger partial charge in [-0.2, -0.15) is 0 Å². The summed E-state index contributed by atoms with van der Waals surface area (Å²) in [7, 11) is 0. The second-order valence-electron chi connectivity index (χ2n) is 6.65. The molecule has 0 aromatic carbocycles. The van der Waals surface area contributed by atoms with E-state index in [4.69, 9.17) is 0 Å². The average molecular weight is 254 g/mol. The second-order valence-corrected chi connectivity index (χ2v) is 6.65. The summed E-state index contributed by atoms with van der Waals surface area (Å²) in [5.74, 6) is 2.64. The zero-order valence-corrected chi connectivity index (χ0v) is 13.0. The van der Waals surface area contributed by atoms with Crippen molar-refractivity contribution in [3.05, 3.63) is 0 Å². The van der Waals surface area contributed by atoms with E-state index in [1.807, 2.05) is 0 Å². The molecule has 18 heavy (non-hydrogen) atoms. The van der Waals surface area contributed by atoms with E-state index in [-0.39, 0.29) is 0 Å². The second kappa shape index (κ2) is 8.92. The molecule has 2 aliphatic heterocycles. The lowest BCUT2D eigenvalue weighted by Gasteiger charge is -2.26. The first-order chi connectivity index (χ1) is 8.61. The summed E-state index contributed by atoms with van der Waals surface area (Å²) in [6.45, 7) is 12.9. The summed E-state index contributed by atoms with van der Waals surface area (Å²) in [6, 6.07) is 0.804. The lowest BCUT2D eigenvalue weighted by atomic mass is 9.89. The molecule has 2 rings (SSSR count). The van der Waals surface area contributed by atoms with Crippen molar-refractivity contribution >= 4 is 0 Å². The first-order valence-electron chi connectivity index (χ1n) is 8.05. The molecule has 0 aliphatic carbocycles. The highest BCUT2D eigenvalue weighted by atomic mass is 14.9. The van der Waals surface area contributed by atoms with Gasteiger partial charge in [0.15, 0.2) is 0 Å². The Morgan fingerprint density at radius 1 is 0.833 bits per heavy atom. The topological polar surface area (TPSA) is 24.1 Å². The lowest BCUT2D eigenvalue weighted by molar-refractivity contribution is 0.296. The fourth-order valence-corrected chi connectivity index (χ4v) is 2.90. The van der Waals surface area contributed by atoms with Gasteiger partial charge < -0.3 is 10.6 Å². The minimum Gasteiger partial charge on any atom is -0.316 e. The van der Waals surface area contributed by atoms with Gasteiger partial charge in [0.25, 0.3) is 0 Å². The first kappa shape index (κ1) is 16.0. The van der Waals surface area contributed by atoms with Crippen LogP contribution in [0.1, 0.15) is 59.8 Å². The molecule has 0 radical (unpaired) electrons. The number of nitrogens with one attached hydrogen (secondary N) is 2. The fourth-order valence-electron chi connectivity index (χ4n) is 2.90. The maximum Gasteiger partial charge on any atom is 0.00900 e. The van der Waals surface area contributed by atoms with E-state index in [1.54, 1.807) is 0 Å². The molecule has 2 saturated heterocycles. The van der Waals surface area contributed by atoms with Crippen LogP contribution < -0.4 is 10.6 Å². The Kier molecular flexibility index (Phi) is 7.92. The molecule has 2 aliphatic rings. The largest absolute Gasteiger partial charge is 0.316 e. The summed E-state index contributed by atoms with van der Waals surface area (Å²) in [5, 5.41) is 6.93. The van der Waals surface area contributed by atoms with E-state index in [2.05, 4.69) is 38.3 Å². The van der Waals surface area contributed by atoms with Crippen LogP contribution in [0, 0.1) is 17.8 Å². The molecule has 2 unspecified atom stereocenters. The predicted molar refractivity (Wildman–Crippen MR) is 80.9 cm³/mol. The quantitative estimate of drug-likeness (QED) is 0.789. The van der Waals surface area contributed by atoms with E-state index < -0.39 is 0 Å². The third-order valence-electron chi connectivity index (χ3n) is 4.43. The molecule has 0 aromatic rings. The van der Waals surface area contributed by atoms with Gasteiger partial charge in [-0.1, -0.05) is 34.1 Å². The zero-order valence-electron chi connectivity index (χ0n) is 13.0. The summed E-state index contributed by atoms with van der Waals surface area (Å²) in [6.07, 6.45) is 7.00. The summed E-state index contributed by atoms with van der Waals surface area (Å²) < 4.78 is 0. The van der Waals surface area contributed by atoms with Crippen molar-refractivity contribution in [1.29, 1.82) is 0 Å². The van der Waals surface area contributed by atoms with Crippen LogP contribution in [0.5, 0.6) is 0 Å². The van der Waals surface area contributed by atoms with Crippen molar-refractivity contribution in [3.8, 4) is 0 Å². The molecular weight excluding hydrogens is 220 g/mol. The van der Waals surface area contributed by atoms with Gasteiger partial charge in [-0.3, -0.25) is 0 Å². The molecule has 2 fully saturated rings. The predicted octanol–water partition coefficient (Wildman–Crippen LogP) is 3.43. The Bertz CT molecular complexity index is 167. The van der Waals surface area contributed by atoms with E-state index in [0.29, 0.717) is 0 Å². The minimum absolute atomic E-state index is 0.804. The summed E-state index contributed by atoms with van der Waals surface area (Å²) in [4.78, 5) is 0. The maximum atomic E-state index is 3.52. The third-order valence-corrected chi connectivity index (χ3v) is 4.43. The van der Waals surface area contributed by atoms with Gasteiger partial charge in [0, 0.05) is 6.04 Å². The van der Waals surface area contributed by atoms with Crippen LogP contribution in [-0.2, 0) is 0 Å². The number of hydrogen-bond donors (Lipinski definition) is 2. The van der Waals surface area contributed by atoms with Crippen molar-refractivity contribution < 1.29 is 0 Å². The van der Waals surface area contributed by atoms with Crippen LogP contribution in [-0.4, -0.2) is 25.7 Å². The molecule has 2 N–H and O–H groups in total. The van der Waals surface area contributed by atoms with Gasteiger partial charge in [-0.15, -0.1) is 0 Å². The Hall–Kier alpha value is -0.0800. The monoisotopic (exact) mass is 254 g/mol. The van der Waals surface area contributed by atoms with E-state index in [9.17, 15) is 0 Å². The van der Waals surface area contributed by atoms with E-state index in [1.165, 1.54) is 51.7 Å². The van der Waals surface area contributed by atoms with Crippen molar-refractivity contribution in [3.63, 3.8) is 0 Å². The Morgan fingerprint density at radius 3 is 1.94 bits per heavy atom. The van der Waals surface area contributed by atoms with Crippen LogP contribution >= 0.6 is 0 Å². The zero-order chi connectivity index (χ0) is 13.4. The van der Waals surface area contributed by atoms with Crippen LogP contribution in [0.4, 0.5) is 0 Å². The highest BCUT2D eigenvalue weighted by molar-refractivity contribution is 4.74. The summed E-state index contributed by atoms with van der Waals surface area (Å²) >= 11 is 0. The molecule has 2 atom stereocenters. The first-order valence-corrected chi connectivity index (χ1v) is 8.05. The van der Waals surface area contributed by atoms with Gasteiger partial charge in [-0.05, 0) is 63.1 Å². The fraction of sp³-hybridized carbons (Fsp3) is 1.00. The van der Waals surface area contributed by atoms with Crippen molar-refractivity contribution in [2.75, 3.05) is 19.6 Å². The van der Waals surface area contributed by atoms with Gasteiger partial charge in [0.05, 0.1) is 0 Å². The Labute approximate surface area is 114 Å². The molecule has 0 bridgehead atoms. The standard InChI is InChI=1S/2C8H17N/c1-7(2)8-4-3-5-9-6-8;1-7(2)8-5-3-4-6-9-8/h2*7-9H,3-6H2,1-2H3. The van der Waals surface area contributed by atoms with E-state index >= 15 is 0 Å². The molecule has 0 aromatic heterocycles. The van der Waals surface area contributed by atoms with Crippen molar-refractivity contribution in [1.82, 2.24) is 10.6 Å². The van der Waals surface area contributed by atoms with Gasteiger partial charge >= 0.3 is 0 Å². The Morgan fingerprint density at radius 2 is 1.61 bits per heavy atom. The molecule has 2 nitrogen and oxygen atoms in total. The maximum absolute atomic E-state index is 3.52. The van der Waals surface area contributed by atoms with Gasteiger partial charge in [0.1, 0.15) is 0 Å². The van der Waals surface area contributed by atoms with Crippen LogP contribution in [0.25, 0.3) is 0 Å². The molecule has 108 valence electrons. The van der Waals surface area contributed by atoms with Crippen molar-refractivity contribution in [2.45, 2.75) is 65.8 Å². The normalized spacial score (nSPS) is 29.0. The van der Waals surface area contributed by atoms with Crippen LogP contribution in [0.3, 0.4) is 0 Å². The molecule has 0 amide bonds. The Balaban J connectivity index is 0.000000180. The van der Waals surface area contributed by atoms with Crippen LogP contribution in [0.15, 0.2) is 0 Å². The third kappa shape index (κ3) is 6.19.